The van der Waals surface area contributed by atoms with Crippen LogP contribution >= 0.6 is 0 Å². The number of nitrogens with two attached hydrogens (primary N) is 2. The second-order valence-electron chi connectivity index (χ2n) is 7.29. The van der Waals surface area contributed by atoms with Crippen molar-refractivity contribution in [2.45, 2.75) is 0 Å². The average molecular weight is 402 g/mol. The molecule has 0 spiro atoms. The molecule has 0 saturated heterocycles. The van der Waals surface area contributed by atoms with Crippen molar-refractivity contribution in [3.8, 4) is 22.5 Å². The molecule has 0 radical (unpaired) electrons. The van der Waals surface area contributed by atoms with Gasteiger partial charge in [-0.05, 0) is 42.0 Å². The van der Waals surface area contributed by atoms with Crippen molar-refractivity contribution in [2.24, 2.45) is 4.99 Å². The number of aromatic carboxylic acids is 1. The number of carbonyl (C=O) groups is 1. The predicted molar refractivity (Wildman–Crippen MR) is 120 cm³/mol. The number of hydrogen-bond acceptors (Lipinski definition) is 6. The summed E-state index contributed by atoms with van der Waals surface area (Å²) < 4.78 is 6.21. The van der Waals surface area contributed by atoms with E-state index in [4.69, 9.17) is 15.9 Å². The first kappa shape index (κ1) is 19.3. The van der Waals surface area contributed by atoms with Gasteiger partial charge in [-0.25, -0.2) is 4.79 Å². The van der Waals surface area contributed by atoms with Gasteiger partial charge in [-0.3, -0.25) is 4.99 Å². The highest BCUT2D eigenvalue weighted by Crippen LogP contribution is 2.43. The Morgan fingerprint density at radius 3 is 2.40 bits per heavy atom. The van der Waals surface area contributed by atoms with Crippen LogP contribution in [0.1, 0.15) is 10.4 Å². The molecule has 4 rings (SSSR count). The number of carboxylic acid groups (broad SMARTS) is 1. The summed E-state index contributed by atoms with van der Waals surface area (Å²) >= 11 is 0. The molecule has 1 heterocycles. The third-order valence-electron chi connectivity index (χ3n) is 5.19. The smallest absolute Gasteiger partial charge is 0.336 e. The first-order valence-corrected chi connectivity index (χ1v) is 9.33. The zero-order valence-electron chi connectivity index (χ0n) is 16.9. The third-order valence-corrected chi connectivity index (χ3v) is 5.19. The van der Waals surface area contributed by atoms with Gasteiger partial charge >= 0.3 is 5.97 Å². The van der Waals surface area contributed by atoms with Crippen LogP contribution in [0.25, 0.3) is 33.4 Å². The number of nitrogens with zero attached hydrogens (tertiary/aromatic N) is 2. The number of nitrogen functional groups attached to an aromatic ring is 2. The molecule has 2 aliphatic rings. The van der Waals surface area contributed by atoms with Gasteiger partial charge in [-0.15, -0.1) is 0 Å². The molecule has 0 fully saturated rings. The Balaban J connectivity index is 2.20. The third kappa shape index (κ3) is 3.10. The van der Waals surface area contributed by atoms with E-state index in [0.29, 0.717) is 22.6 Å². The van der Waals surface area contributed by atoms with Crippen LogP contribution in [0.3, 0.4) is 0 Å². The van der Waals surface area contributed by atoms with Crippen molar-refractivity contribution >= 4 is 34.0 Å². The van der Waals surface area contributed by atoms with Crippen LogP contribution in [0, 0.1) is 0 Å². The quantitative estimate of drug-likeness (QED) is 0.355. The number of rotatable bonds is 3. The van der Waals surface area contributed by atoms with Gasteiger partial charge in [0.1, 0.15) is 11.3 Å². The minimum absolute atomic E-state index is 0.0800. The summed E-state index contributed by atoms with van der Waals surface area (Å²) in [4.78, 5) is 18.2. The van der Waals surface area contributed by atoms with Gasteiger partial charge in [-0.2, -0.15) is 0 Å². The van der Waals surface area contributed by atoms with Gasteiger partial charge in [0.05, 0.1) is 22.3 Å². The van der Waals surface area contributed by atoms with Crippen molar-refractivity contribution in [1.82, 2.24) is 0 Å². The summed E-state index contributed by atoms with van der Waals surface area (Å²) in [5.74, 6) is -0.480. The lowest BCUT2D eigenvalue weighted by atomic mass is 9.90. The molecular weight excluding hydrogens is 380 g/mol. The SMILES string of the molecule is CN=c1ccc2c(-c3cc(N)c(N)cc3C(=O)O)c3ccc(N(C)C)cc3oc-2c1. The van der Waals surface area contributed by atoms with E-state index in [0.717, 1.165) is 27.6 Å². The molecule has 0 aromatic heterocycles. The summed E-state index contributed by atoms with van der Waals surface area (Å²) in [7, 11) is 5.59. The summed E-state index contributed by atoms with van der Waals surface area (Å²) in [6, 6.07) is 14.4. The van der Waals surface area contributed by atoms with Crippen LogP contribution in [-0.4, -0.2) is 32.2 Å². The van der Waals surface area contributed by atoms with Crippen LogP contribution in [0.4, 0.5) is 17.1 Å². The highest BCUT2D eigenvalue weighted by molar-refractivity contribution is 6.09. The molecule has 1 aliphatic carbocycles. The maximum absolute atomic E-state index is 12.0. The van der Waals surface area contributed by atoms with Gasteiger partial charge in [0.25, 0.3) is 0 Å². The van der Waals surface area contributed by atoms with Crippen molar-refractivity contribution in [3.05, 3.63) is 59.5 Å². The first-order valence-electron chi connectivity index (χ1n) is 9.33. The van der Waals surface area contributed by atoms with Crippen molar-refractivity contribution in [3.63, 3.8) is 0 Å². The van der Waals surface area contributed by atoms with Crippen LogP contribution in [0.5, 0.6) is 0 Å². The molecule has 2 aromatic rings. The van der Waals surface area contributed by atoms with Gasteiger partial charge < -0.3 is 25.9 Å². The second-order valence-corrected chi connectivity index (χ2v) is 7.29. The van der Waals surface area contributed by atoms with E-state index >= 15 is 0 Å². The fourth-order valence-corrected chi connectivity index (χ4v) is 3.59. The van der Waals surface area contributed by atoms with Crippen molar-refractivity contribution in [2.75, 3.05) is 37.5 Å². The van der Waals surface area contributed by atoms with Crippen LogP contribution in [0.15, 0.2) is 57.9 Å². The summed E-state index contributed by atoms with van der Waals surface area (Å²) in [5.41, 5.74) is 16.2. The molecule has 152 valence electrons. The summed E-state index contributed by atoms with van der Waals surface area (Å²) in [6.45, 7) is 0. The molecule has 1 aliphatic heterocycles. The molecule has 0 unspecified atom stereocenters. The highest BCUT2D eigenvalue weighted by atomic mass is 16.4. The van der Waals surface area contributed by atoms with Gasteiger partial charge in [0.2, 0.25) is 0 Å². The fraction of sp³-hybridized carbons (Fsp3) is 0.130. The Kier molecular flexibility index (Phi) is 4.58. The van der Waals surface area contributed by atoms with Gasteiger partial charge in [0, 0.05) is 55.5 Å². The van der Waals surface area contributed by atoms with E-state index in [1.807, 2.05) is 55.4 Å². The Labute approximate surface area is 173 Å². The van der Waals surface area contributed by atoms with Crippen LogP contribution in [0.2, 0.25) is 0 Å². The summed E-state index contributed by atoms with van der Waals surface area (Å²) in [5, 5.41) is 11.4. The second kappa shape index (κ2) is 7.11. The molecule has 0 saturated carbocycles. The average Bonchev–Trinajstić information content (AvgIpc) is 2.72. The fourth-order valence-electron chi connectivity index (χ4n) is 3.59. The van der Waals surface area contributed by atoms with E-state index in [1.165, 1.54) is 6.07 Å². The lowest BCUT2D eigenvalue weighted by Crippen LogP contribution is -2.09. The molecule has 7 nitrogen and oxygen atoms in total. The highest BCUT2D eigenvalue weighted by Gasteiger charge is 2.22. The molecule has 0 amide bonds. The van der Waals surface area contributed by atoms with Gasteiger partial charge in [0.15, 0.2) is 0 Å². The molecule has 5 N–H and O–H groups in total. The lowest BCUT2D eigenvalue weighted by molar-refractivity contribution is 0.0698. The Bertz CT molecular complexity index is 1340. The molecule has 2 aromatic carbocycles. The number of hydrogen-bond donors (Lipinski definition) is 3. The number of carboxylic acids is 1. The zero-order chi connectivity index (χ0) is 21.6. The first-order chi connectivity index (χ1) is 14.3. The minimum atomic E-state index is -1.08. The van der Waals surface area contributed by atoms with E-state index < -0.39 is 5.97 Å². The van der Waals surface area contributed by atoms with Crippen LogP contribution in [-0.2, 0) is 0 Å². The number of benzene rings is 3. The van der Waals surface area contributed by atoms with Crippen molar-refractivity contribution in [1.29, 1.82) is 0 Å². The topological polar surface area (TPSA) is 118 Å². The Hall–Kier alpha value is -4.00. The van der Waals surface area contributed by atoms with E-state index in [9.17, 15) is 9.90 Å². The number of anilines is 3. The Morgan fingerprint density at radius 1 is 1.00 bits per heavy atom. The minimum Gasteiger partial charge on any atom is -0.478 e. The lowest BCUT2D eigenvalue weighted by Gasteiger charge is -2.19. The number of fused-ring (bicyclic) bond motifs is 2. The maximum atomic E-state index is 12.0. The summed E-state index contributed by atoms with van der Waals surface area (Å²) in [6.07, 6.45) is 0. The standard InChI is InChI=1S/C23H22N4O3/c1-26-12-4-6-14-20(8-12)30-21-9-13(27(2)3)5-7-15(21)22(14)16-10-18(24)19(25)11-17(16)23(28)29/h4-11H,24-25H2,1-3H3,(H,28,29). The van der Waals surface area contributed by atoms with E-state index in [-0.39, 0.29) is 11.3 Å². The monoisotopic (exact) mass is 402 g/mol. The molecular formula is C23H22N4O3. The molecule has 7 heteroatoms. The molecule has 30 heavy (non-hydrogen) atoms. The zero-order valence-corrected chi connectivity index (χ0v) is 16.9. The molecule has 0 bridgehead atoms. The largest absolute Gasteiger partial charge is 0.478 e. The van der Waals surface area contributed by atoms with Crippen LogP contribution < -0.4 is 21.7 Å². The van der Waals surface area contributed by atoms with Gasteiger partial charge in [-0.1, -0.05) is 0 Å². The van der Waals surface area contributed by atoms with E-state index in [2.05, 4.69) is 4.99 Å². The van der Waals surface area contributed by atoms with E-state index in [1.54, 1.807) is 13.1 Å². The van der Waals surface area contributed by atoms with Crippen molar-refractivity contribution < 1.29 is 14.3 Å². The normalized spacial score (nSPS) is 11.9. The maximum Gasteiger partial charge on any atom is 0.336 e. The molecule has 0 atom stereocenters. The Morgan fingerprint density at radius 2 is 1.73 bits per heavy atom. The predicted octanol–water partition coefficient (Wildman–Crippen LogP) is 3.66.